The summed E-state index contributed by atoms with van der Waals surface area (Å²) >= 11 is 5.98. The van der Waals surface area contributed by atoms with Gasteiger partial charge in [-0.25, -0.2) is 9.67 Å². The van der Waals surface area contributed by atoms with Crippen molar-refractivity contribution >= 4 is 23.0 Å². The predicted octanol–water partition coefficient (Wildman–Crippen LogP) is 4.42. The average molecular weight is 449 g/mol. The molecule has 6 nitrogen and oxygen atoms in total. The van der Waals surface area contributed by atoms with Crippen LogP contribution in [0.4, 0.5) is 18.9 Å². The van der Waals surface area contributed by atoms with E-state index in [0.29, 0.717) is 16.4 Å². The summed E-state index contributed by atoms with van der Waals surface area (Å²) in [5, 5.41) is 4.78. The number of aliphatic imine (C=N–C) groups is 1. The van der Waals surface area contributed by atoms with E-state index in [2.05, 4.69) is 10.1 Å². The maximum Gasteiger partial charge on any atom is 0.422 e. The quantitative estimate of drug-likeness (QED) is 0.566. The second kappa shape index (κ2) is 9.48. The molecule has 0 spiro atoms. The normalized spacial score (nSPS) is 12.3. The molecular formula is C21H16ClF3N4O2. The Hall–Kier alpha value is -3.59. The van der Waals surface area contributed by atoms with Crippen LogP contribution in [-0.4, -0.2) is 28.3 Å². The number of hydrogen-bond donors (Lipinski definition) is 1. The fraction of sp³-hybridized carbons (Fsp3) is 0.0952. The number of nitrogens with zero attached hydrogens (tertiary/aromatic N) is 3. The van der Waals surface area contributed by atoms with Crippen LogP contribution in [0.2, 0.25) is 5.02 Å². The number of hydrogen-bond acceptors (Lipinski definition) is 5. The van der Waals surface area contributed by atoms with Crippen LogP contribution in [0.1, 0.15) is 5.69 Å². The Morgan fingerprint density at radius 3 is 2.58 bits per heavy atom. The molecule has 0 amide bonds. The molecule has 0 fully saturated rings. The SMILES string of the molecule is NC=CC(=Nc1cccc(Cl)c1)c1nn(-c2ccc(OCC(F)(F)F)cc2)ccc1=O. The highest BCUT2D eigenvalue weighted by Crippen LogP contribution is 2.21. The van der Waals surface area contributed by atoms with Crippen LogP contribution in [0.3, 0.4) is 0 Å². The van der Waals surface area contributed by atoms with Gasteiger partial charge >= 0.3 is 6.18 Å². The molecule has 0 aliphatic rings. The third-order valence-electron chi connectivity index (χ3n) is 3.87. The Morgan fingerprint density at radius 2 is 1.94 bits per heavy atom. The van der Waals surface area contributed by atoms with E-state index in [0.717, 1.165) is 0 Å². The maximum atomic E-state index is 12.4. The highest BCUT2D eigenvalue weighted by atomic mass is 35.5. The lowest BCUT2D eigenvalue weighted by Gasteiger charge is -2.11. The van der Waals surface area contributed by atoms with Crippen molar-refractivity contribution in [1.82, 2.24) is 9.78 Å². The lowest BCUT2D eigenvalue weighted by atomic mass is 10.2. The molecule has 0 saturated carbocycles. The van der Waals surface area contributed by atoms with E-state index < -0.39 is 12.8 Å². The average Bonchev–Trinajstić information content (AvgIpc) is 2.72. The number of halogens is 4. The van der Waals surface area contributed by atoms with Gasteiger partial charge in [-0.05, 0) is 54.7 Å². The molecule has 3 rings (SSSR count). The molecule has 0 saturated heterocycles. The van der Waals surface area contributed by atoms with E-state index in [1.807, 2.05) is 0 Å². The molecule has 0 atom stereocenters. The van der Waals surface area contributed by atoms with Gasteiger partial charge in [0.15, 0.2) is 12.3 Å². The van der Waals surface area contributed by atoms with Crippen LogP contribution < -0.4 is 15.9 Å². The van der Waals surface area contributed by atoms with Crippen molar-refractivity contribution < 1.29 is 17.9 Å². The van der Waals surface area contributed by atoms with Crippen molar-refractivity contribution in [3.63, 3.8) is 0 Å². The summed E-state index contributed by atoms with van der Waals surface area (Å²) in [5.41, 5.74) is 6.37. The van der Waals surface area contributed by atoms with Crippen LogP contribution in [-0.2, 0) is 0 Å². The number of nitrogens with two attached hydrogens (primary N) is 1. The van der Waals surface area contributed by atoms with Gasteiger partial charge in [-0.3, -0.25) is 4.79 Å². The zero-order valence-corrected chi connectivity index (χ0v) is 16.6. The smallest absolute Gasteiger partial charge is 0.422 e. The van der Waals surface area contributed by atoms with E-state index in [1.165, 1.54) is 53.5 Å². The summed E-state index contributed by atoms with van der Waals surface area (Å²) in [4.78, 5) is 16.8. The fourth-order valence-electron chi connectivity index (χ4n) is 2.53. The molecule has 1 aromatic heterocycles. The number of ether oxygens (including phenoxy) is 1. The summed E-state index contributed by atoms with van der Waals surface area (Å²) in [5.74, 6) is 0.0524. The molecule has 10 heteroatoms. The Bertz CT molecular complexity index is 1170. The number of aromatic nitrogens is 2. The summed E-state index contributed by atoms with van der Waals surface area (Å²) in [6.07, 6.45) is -0.332. The van der Waals surface area contributed by atoms with E-state index in [-0.39, 0.29) is 22.6 Å². The summed E-state index contributed by atoms with van der Waals surface area (Å²) in [6.45, 7) is -1.39. The zero-order chi connectivity index (χ0) is 22.4. The highest BCUT2D eigenvalue weighted by molar-refractivity contribution is 6.30. The van der Waals surface area contributed by atoms with Crippen LogP contribution in [0.15, 0.2) is 82.9 Å². The molecule has 2 aromatic carbocycles. The lowest BCUT2D eigenvalue weighted by Crippen LogP contribution is -2.20. The lowest BCUT2D eigenvalue weighted by molar-refractivity contribution is -0.153. The predicted molar refractivity (Wildman–Crippen MR) is 112 cm³/mol. The minimum atomic E-state index is -4.43. The monoisotopic (exact) mass is 448 g/mol. The number of benzene rings is 2. The van der Waals surface area contributed by atoms with Crippen LogP contribution in [0.5, 0.6) is 5.75 Å². The van der Waals surface area contributed by atoms with Gasteiger partial charge in [0.2, 0.25) is 5.43 Å². The van der Waals surface area contributed by atoms with Crippen molar-refractivity contribution in [2.45, 2.75) is 6.18 Å². The topological polar surface area (TPSA) is 82.5 Å². The molecule has 0 bridgehead atoms. The minimum Gasteiger partial charge on any atom is -0.484 e. The second-order valence-corrected chi connectivity index (χ2v) is 6.64. The van der Waals surface area contributed by atoms with E-state index in [1.54, 1.807) is 24.3 Å². The molecule has 0 aliphatic heterocycles. The first-order valence-electron chi connectivity index (χ1n) is 8.88. The molecule has 160 valence electrons. The zero-order valence-electron chi connectivity index (χ0n) is 15.9. The Labute approximate surface area is 180 Å². The first-order chi connectivity index (χ1) is 14.7. The summed E-state index contributed by atoms with van der Waals surface area (Å²) < 4.78 is 42.9. The largest absolute Gasteiger partial charge is 0.484 e. The molecule has 0 unspecified atom stereocenters. The number of allylic oxidation sites excluding steroid dienone is 1. The Morgan fingerprint density at radius 1 is 1.19 bits per heavy atom. The van der Waals surface area contributed by atoms with Crippen molar-refractivity contribution in [1.29, 1.82) is 0 Å². The summed E-state index contributed by atoms with van der Waals surface area (Å²) in [7, 11) is 0. The van der Waals surface area contributed by atoms with Gasteiger partial charge in [-0.1, -0.05) is 17.7 Å². The Balaban J connectivity index is 1.94. The van der Waals surface area contributed by atoms with E-state index in [9.17, 15) is 18.0 Å². The van der Waals surface area contributed by atoms with Gasteiger partial charge in [0.1, 0.15) is 5.75 Å². The molecule has 1 heterocycles. The minimum absolute atomic E-state index is 0.0292. The van der Waals surface area contributed by atoms with Gasteiger partial charge in [0.05, 0.1) is 17.1 Å². The van der Waals surface area contributed by atoms with Crippen molar-refractivity contribution in [2.24, 2.45) is 10.7 Å². The number of rotatable bonds is 6. The third kappa shape index (κ3) is 6.19. The fourth-order valence-corrected chi connectivity index (χ4v) is 2.72. The van der Waals surface area contributed by atoms with Crippen molar-refractivity contribution in [3.05, 3.63) is 94.0 Å². The van der Waals surface area contributed by atoms with Crippen LogP contribution in [0, 0.1) is 0 Å². The molecule has 0 radical (unpaired) electrons. The Kier molecular flexibility index (Phi) is 6.76. The molecule has 31 heavy (non-hydrogen) atoms. The third-order valence-corrected chi connectivity index (χ3v) is 4.10. The van der Waals surface area contributed by atoms with Gasteiger partial charge in [0, 0.05) is 17.3 Å². The first-order valence-corrected chi connectivity index (χ1v) is 9.26. The highest BCUT2D eigenvalue weighted by Gasteiger charge is 2.28. The number of alkyl halides is 3. The van der Waals surface area contributed by atoms with Crippen molar-refractivity contribution in [3.8, 4) is 11.4 Å². The first kappa shape index (κ1) is 22.1. The standard InChI is InChI=1S/C21H16ClF3N4O2/c22-14-2-1-3-15(12-14)27-18(8-10-26)20-19(30)9-11-29(28-20)16-4-6-17(7-5-16)31-13-21(23,24)25/h1-12H,13,26H2. The van der Waals surface area contributed by atoms with E-state index in [4.69, 9.17) is 22.1 Å². The van der Waals surface area contributed by atoms with Gasteiger partial charge in [0.25, 0.3) is 0 Å². The van der Waals surface area contributed by atoms with Crippen LogP contribution in [0.25, 0.3) is 5.69 Å². The second-order valence-electron chi connectivity index (χ2n) is 6.21. The van der Waals surface area contributed by atoms with Gasteiger partial charge < -0.3 is 10.5 Å². The summed E-state index contributed by atoms with van der Waals surface area (Å²) in [6, 6.07) is 13.8. The van der Waals surface area contributed by atoms with Crippen molar-refractivity contribution in [2.75, 3.05) is 6.61 Å². The van der Waals surface area contributed by atoms with Gasteiger partial charge in [-0.15, -0.1) is 0 Å². The maximum absolute atomic E-state index is 12.4. The molecule has 3 aromatic rings. The van der Waals surface area contributed by atoms with Crippen LogP contribution >= 0.6 is 11.6 Å². The molecular weight excluding hydrogens is 433 g/mol. The van der Waals surface area contributed by atoms with E-state index >= 15 is 0 Å². The van der Waals surface area contributed by atoms with Gasteiger partial charge in [-0.2, -0.15) is 18.3 Å². The molecule has 0 aliphatic carbocycles. The molecule has 2 N–H and O–H groups in total.